The van der Waals surface area contributed by atoms with Crippen molar-refractivity contribution in [2.75, 3.05) is 6.61 Å². The van der Waals surface area contributed by atoms with E-state index in [1.54, 1.807) is 6.07 Å². The topological polar surface area (TPSA) is 114 Å². The highest BCUT2D eigenvalue weighted by molar-refractivity contribution is 5.93. The molecule has 1 aliphatic rings. The fraction of sp³-hybridized carbons (Fsp3) is 0.368. The maximum Gasteiger partial charge on any atom is 0.273 e. The van der Waals surface area contributed by atoms with E-state index in [-0.39, 0.29) is 24.2 Å². The number of rotatable bonds is 7. The molecule has 1 amide bonds. The number of nitrogens with one attached hydrogen (secondary N) is 1. The molecule has 140 valence electrons. The van der Waals surface area contributed by atoms with Gasteiger partial charge in [0.15, 0.2) is 11.5 Å². The Labute approximate surface area is 155 Å². The van der Waals surface area contributed by atoms with Gasteiger partial charge in [-0.2, -0.15) is 0 Å². The van der Waals surface area contributed by atoms with E-state index >= 15 is 0 Å². The van der Waals surface area contributed by atoms with E-state index in [1.807, 2.05) is 30.3 Å². The average molecular weight is 368 g/mol. The molecule has 2 N–H and O–H groups in total. The molecule has 1 aromatic carbocycles. The number of aliphatic hydroxyl groups is 1. The highest BCUT2D eigenvalue weighted by Crippen LogP contribution is 2.30. The van der Waals surface area contributed by atoms with Crippen molar-refractivity contribution in [3.05, 3.63) is 53.9 Å². The van der Waals surface area contributed by atoms with Crippen molar-refractivity contribution in [3.8, 4) is 11.3 Å². The molecule has 0 bridgehead atoms. The smallest absolute Gasteiger partial charge is 0.273 e. The van der Waals surface area contributed by atoms with E-state index in [1.165, 1.54) is 0 Å². The minimum atomic E-state index is -0.229. The van der Waals surface area contributed by atoms with Crippen molar-refractivity contribution in [3.63, 3.8) is 0 Å². The van der Waals surface area contributed by atoms with Crippen LogP contribution in [0.4, 0.5) is 0 Å². The summed E-state index contributed by atoms with van der Waals surface area (Å²) in [6.07, 6.45) is 2.77. The van der Waals surface area contributed by atoms with E-state index in [2.05, 4.69) is 20.7 Å². The molecule has 4 rings (SSSR count). The monoisotopic (exact) mass is 368 g/mol. The molecular weight excluding hydrogens is 348 g/mol. The number of carbonyl (C=O) groups excluding carboxylic acids is 1. The Balaban J connectivity index is 1.26. The molecule has 8 nitrogen and oxygen atoms in total. The number of nitrogens with zero attached hydrogens (tertiary/aromatic N) is 3. The second-order valence-corrected chi connectivity index (χ2v) is 6.72. The van der Waals surface area contributed by atoms with Crippen molar-refractivity contribution < 1.29 is 18.8 Å². The molecule has 3 aromatic rings. The number of amides is 1. The lowest BCUT2D eigenvalue weighted by Gasteiger charge is -2.34. The van der Waals surface area contributed by atoms with Crippen LogP contribution in [-0.4, -0.2) is 39.0 Å². The molecular formula is C19H20N4O4. The second-order valence-electron chi connectivity index (χ2n) is 6.72. The van der Waals surface area contributed by atoms with Gasteiger partial charge in [0.1, 0.15) is 0 Å². The fourth-order valence-corrected chi connectivity index (χ4v) is 3.21. The number of aromatic nitrogens is 3. The number of hydrogen-bond donors (Lipinski definition) is 2. The molecule has 27 heavy (non-hydrogen) atoms. The summed E-state index contributed by atoms with van der Waals surface area (Å²) in [5.41, 5.74) is 1.16. The van der Waals surface area contributed by atoms with Gasteiger partial charge in [-0.1, -0.05) is 35.5 Å². The van der Waals surface area contributed by atoms with E-state index in [0.29, 0.717) is 36.3 Å². The minimum Gasteiger partial charge on any atom is -0.425 e. The van der Waals surface area contributed by atoms with Crippen LogP contribution in [0, 0.1) is 5.92 Å². The molecule has 0 atom stereocenters. The average Bonchev–Trinajstić information content (AvgIpc) is 3.31. The van der Waals surface area contributed by atoms with Crippen LogP contribution in [0.15, 0.2) is 45.3 Å². The molecule has 2 heterocycles. The predicted molar refractivity (Wildman–Crippen MR) is 94.7 cm³/mol. The van der Waals surface area contributed by atoms with E-state index < -0.39 is 0 Å². The summed E-state index contributed by atoms with van der Waals surface area (Å²) in [5, 5.41) is 23.6. The van der Waals surface area contributed by atoms with Crippen molar-refractivity contribution >= 4 is 5.91 Å². The Morgan fingerprint density at radius 2 is 1.96 bits per heavy atom. The second kappa shape index (κ2) is 7.71. The number of hydrogen-bond acceptors (Lipinski definition) is 7. The van der Waals surface area contributed by atoms with Crippen molar-refractivity contribution in [1.82, 2.24) is 20.7 Å². The Morgan fingerprint density at radius 3 is 2.74 bits per heavy atom. The normalized spacial score (nSPS) is 18.9. The summed E-state index contributed by atoms with van der Waals surface area (Å²) in [4.78, 5) is 12.3. The highest BCUT2D eigenvalue weighted by atomic mass is 16.5. The lowest BCUT2D eigenvalue weighted by atomic mass is 9.78. The number of aliphatic hydroxyl groups excluding tert-OH is 1. The zero-order valence-corrected chi connectivity index (χ0v) is 14.7. The van der Waals surface area contributed by atoms with Gasteiger partial charge < -0.3 is 19.4 Å². The first-order chi connectivity index (χ1) is 13.2. The first-order valence-corrected chi connectivity index (χ1v) is 8.96. The number of carbonyl (C=O) groups is 1. The Kier molecular flexibility index (Phi) is 4.97. The van der Waals surface area contributed by atoms with Crippen LogP contribution in [-0.2, 0) is 12.8 Å². The first-order valence-electron chi connectivity index (χ1n) is 8.96. The molecule has 8 heteroatoms. The SMILES string of the molecule is O=C(N[C@H]1C[C@H](Cc2nnc(CCO)o2)C1)c1cc(-c2ccccc2)on1. The Bertz CT molecular complexity index is 899. The van der Waals surface area contributed by atoms with Crippen molar-refractivity contribution in [2.24, 2.45) is 5.92 Å². The third-order valence-electron chi connectivity index (χ3n) is 4.67. The van der Waals surface area contributed by atoms with E-state index in [4.69, 9.17) is 14.0 Å². The van der Waals surface area contributed by atoms with Crippen LogP contribution in [0.5, 0.6) is 0 Å². The van der Waals surface area contributed by atoms with Gasteiger partial charge >= 0.3 is 0 Å². The van der Waals surface area contributed by atoms with Gasteiger partial charge in [0.05, 0.1) is 6.61 Å². The van der Waals surface area contributed by atoms with Crippen LogP contribution in [0.2, 0.25) is 0 Å². The summed E-state index contributed by atoms with van der Waals surface area (Å²) in [6, 6.07) is 11.3. The van der Waals surface area contributed by atoms with Gasteiger partial charge in [-0.05, 0) is 18.8 Å². The predicted octanol–water partition coefficient (Wildman–Crippen LogP) is 2.01. The van der Waals surface area contributed by atoms with Gasteiger partial charge in [0, 0.05) is 30.5 Å². The highest BCUT2D eigenvalue weighted by Gasteiger charge is 2.32. The van der Waals surface area contributed by atoms with E-state index in [9.17, 15) is 4.79 Å². The van der Waals surface area contributed by atoms with Gasteiger partial charge in [-0.15, -0.1) is 10.2 Å². The summed E-state index contributed by atoms with van der Waals surface area (Å²) in [7, 11) is 0. The molecule has 0 spiro atoms. The Morgan fingerprint density at radius 1 is 1.19 bits per heavy atom. The third-order valence-corrected chi connectivity index (χ3v) is 4.67. The van der Waals surface area contributed by atoms with Gasteiger partial charge in [-0.25, -0.2) is 0 Å². The van der Waals surface area contributed by atoms with Crippen LogP contribution < -0.4 is 5.32 Å². The minimum absolute atomic E-state index is 0.00674. The van der Waals surface area contributed by atoms with Crippen LogP contribution >= 0.6 is 0 Å². The number of benzene rings is 1. The molecule has 0 radical (unpaired) electrons. The zero-order valence-electron chi connectivity index (χ0n) is 14.7. The zero-order chi connectivity index (χ0) is 18.6. The molecule has 1 aliphatic carbocycles. The largest absolute Gasteiger partial charge is 0.425 e. The summed E-state index contributed by atoms with van der Waals surface area (Å²) in [6.45, 7) is -0.00674. The van der Waals surface area contributed by atoms with Crippen molar-refractivity contribution in [1.29, 1.82) is 0 Å². The molecule has 2 aromatic heterocycles. The quantitative estimate of drug-likeness (QED) is 0.655. The first kappa shape index (κ1) is 17.4. The van der Waals surface area contributed by atoms with Gasteiger partial charge in [-0.3, -0.25) is 4.79 Å². The van der Waals surface area contributed by atoms with Gasteiger partial charge in [0.25, 0.3) is 5.91 Å². The van der Waals surface area contributed by atoms with Crippen LogP contribution in [0.25, 0.3) is 11.3 Å². The summed E-state index contributed by atoms with van der Waals surface area (Å²) < 4.78 is 10.7. The summed E-state index contributed by atoms with van der Waals surface area (Å²) >= 11 is 0. The standard InChI is InChI=1S/C19H20N4O4/c24-7-6-17-21-22-18(26-17)10-12-8-14(9-12)20-19(25)15-11-16(27-23-15)13-4-2-1-3-5-13/h1-5,11-12,14,24H,6-10H2,(H,20,25)/t12-,14-. The van der Waals surface area contributed by atoms with Gasteiger partial charge in [0.2, 0.25) is 11.8 Å². The Hall–Kier alpha value is -3.00. The molecule has 1 fully saturated rings. The maximum absolute atomic E-state index is 12.3. The van der Waals surface area contributed by atoms with Crippen LogP contribution in [0.3, 0.4) is 0 Å². The lowest BCUT2D eigenvalue weighted by molar-refractivity contribution is 0.0878. The van der Waals surface area contributed by atoms with Crippen LogP contribution in [0.1, 0.15) is 35.1 Å². The maximum atomic E-state index is 12.3. The third kappa shape index (κ3) is 4.06. The van der Waals surface area contributed by atoms with E-state index in [0.717, 1.165) is 18.4 Å². The summed E-state index contributed by atoms with van der Waals surface area (Å²) in [5.74, 6) is 1.78. The fourth-order valence-electron chi connectivity index (χ4n) is 3.21. The molecule has 0 aliphatic heterocycles. The molecule has 0 unspecified atom stereocenters. The molecule has 1 saturated carbocycles. The lowest BCUT2D eigenvalue weighted by Crippen LogP contribution is -2.45. The molecule has 0 saturated heterocycles. The van der Waals surface area contributed by atoms with Crippen molar-refractivity contribution in [2.45, 2.75) is 31.7 Å².